The molecular weight excluding hydrogens is 248 g/mol. The van der Waals surface area contributed by atoms with E-state index in [0.717, 1.165) is 12.8 Å². The Labute approximate surface area is 110 Å². The lowest BCUT2D eigenvalue weighted by molar-refractivity contribution is 0.288. The minimum Gasteiger partial charge on any atom is -0.333 e. The van der Waals surface area contributed by atoms with Gasteiger partial charge in [-0.3, -0.25) is 0 Å². The first-order chi connectivity index (χ1) is 8.60. The molecule has 18 heavy (non-hydrogen) atoms. The van der Waals surface area contributed by atoms with Crippen LogP contribution in [0.15, 0.2) is 35.2 Å². The molecule has 0 bridgehead atoms. The van der Waals surface area contributed by atoms with Crippen molar-refractivity contribution in [2.24, 2.45) is 11.7 Å². The molecule has 1 aromatic carbocycles. The van der Waals surface area contributed by atoms with Gasteiger partial charge in [0.2, 0.25) is 10.0 Å². The standard InChI is InChI=1S/C12H17NO2S.CH5N/c1-11-7-9-13(10-8-11)16(14,15)12-5-3-2-4-6-12;1-2/h2-6,11H,7-10H2,1H3;2H2,1H3. The lowest BCUT2D eigenvalue weighted by Crippen LogP contribution is -2.37. The summed E-state index contributed by atoms with van der Waals surface area (Å²) in [5.74, 6) is 0.641. The summed E-state index contributed by atoms with van der Waals surface area (Å²) >= 11 is 0. The van der Waals surface area contributed by atoms with Crippen LogP contribution >= 0.6 is 0 Å². The van der Waals surface area contributed by atoms with Crippen molar-refractivity contribution in [3.05, 3.63) is 30.3 Å². The summed E-state index contributed by atoms with van der Waals surface area (Å²) in [7, 11) is -1.75. The van der Waals surface area contributed by atoms with Crippen LogP contribution in [0.5, 0.6) is 0 Å². The predicted octanol–water partition coefficient (Wildman–Crippen LogP) is 1.68. The van der Waals surface area contributed by atoms with Gasteiger partial charge in [0.05, 0.1) is 4.90 Å². The third-order valence-corrected chi connectivity index (χ3v) is 5.04. The van der Waals surface area contributed by atoms with Gasteiger partial charge >= 0.3 is 0 Å². The lowest BCUT2D eigenvalue weighted by atomic mass is 10.0. The van der Waals surface area contributed by atoms with Gasteiger partial charge in [-0.1, -0.05) is 25.1 Å². The van der Waals surface area contributed by atoms with Gasteiger partial charge in [0.15, 0.2) is 0 Å². The van der Waals surface area contributed by atoms with E-state index in [2.05, 4.69) is 12.7 Å². The van der Waals surface area contributed by atoms with Crippen molar-refractivity contribution in [2.45, 2.75) is 24.7 Å². The maximum Gasteiger partial charge on any atom is 0.243 e. The molecule has 0 unspecified atom stereocenters. The van der Waals surface area contributed by atoms with Crippen LogP contribution in [0.1, 0.15) is 19.8 Å². The molecule has 0 saturated carbocycles. The molecule has 1 aliphatic rings. The second-order valence-corrected chi connectivity index (χ2v) is 6.34. The summed E-state index contributed by atoms with van der Waals surface area (Å²) in [6, 6.07) is 8.68. The number of hydrogen-bond acceptors (Lipinski definition) is 3. The molecule has 1 fully saturated rings. The van der Waals surface area contributed by atoms with E-state index in [4.69, 9.17) is 0 Å². The van der Waals surface area contributed by atoms with Crippen LogP contribution in [0.3, 0.4) is 0 Å². The van der Waals surface area contributed by atoms with Gasteiger partial charge < -0.3 is 5.73 Å². The number of benzene rings is 1. The first-order valence-electron chi connectivity index (χ1n) is 6.23. The molecule has 5 heteroatoms. The Morgan fingerprint density at radius 3 is 2.11 bits per heavy atom. The SMILES string of the molecule is CC1CCN(S(=O)(=O)c2ccccc2)CC1.CN. The maximum atomic E-state index is 12.2. The average molecular weight is 270 g/mol. The molecule has 4 nitrogen and oxygen atoms in total. The minimum atomic E-state index is -3.25. The third kappa shape index (κ3) is 3.54. The highest BCUT2D eigenvalue weighted by molar-refractivity contribution is 7.89. The normalized spacial score (nSPS) is 17.9. The second kappa shape index (κ2) is 6.87. The largest absolute Gasteiger partial charge is 0.333 e. The summed E-state index contributed by atoms with van der Waals surface area (Å²) < 4.78 is 26.0. The Morgan fingerprint density at radius 1 is 1.11 bits per heavy atom. The zero-order valence-corrected chi connectivity index (χ0v) is 11.9. The molecule has 0 spiro atoms. The highest BCUT2D eigenvalue weighted by Gasteiger charge is 2.27. The molecule has 1 heterocycles. The average Bonchev–Trinajstić information content (AvgIpc) is 2.42. The van der Waals surface area contributed by atoms with E-state index in [1.54, 1.807) is 28.6 Å². The Balaban J connectivity index is 0.000000771. The van der Waals surface area contributed by atoms with E-state index >= 15 is 0 Å². The van der Waals surface area contributed by atoms with Crippen molar-refractivity contribution >= 4 is 10.0 Å². The molecule has 0 aromatic heterocycles. The van der Waals surface area contributed by atoms with E-state index in [0.29, 0.717) is 23.9 Å². The number of piperidine rings is 1. The molecule has 1 aliphatic heterocycles. The van der Waals surface area contributed by atoms with Crippen LogP contribution in [0.2, 0.25) is 0 Å². The quantitative estimate of drug-likeness (QED) is 0.889. The molecule has 102 valence electrons. The van der Waals surface area contributed by atoms with Crippen molar-refractivity contribution in [1.82, 2.24) is 4.31 Å². The van der Waals surface area contributed by atoms with Crippen LogP contribution < -0.4 is 5.73 Å². The predicted molar refractivity (Wildman–Crippen MR) is 73.7 cm³/mol. The van der Waals surface area contributed by atoms with Gasteiger partial charge in [-0.2, -0.15) is 4.31 Å². The van der Waals surface area contributed by atoms with Crippen molar-refractivity contribution < 1.29 is 8.42 Å². The Morgan fingerprint density at radius 2 is 1.61 bits per heavy atom. The topological polar surface area (TPSA) is 63.4 Å². The summed E-state index contributed by atoms with van der Waals surface area (Å²) in [6.45, 7) is 3.48. The fraction of sp³-hybridized carbons (Fsp3) is 0.538. The first-order valence-corrected chi connectivity index (χ1v) is 7.67. The fourth-order valence-corrected chi connectivity index (χ4v) is 3.46. The van der Waals surface area contributed by atoms with E-state index < -0.39 is 10.0 Å². The van der Waals surface area contributed by atoms with Crippen molar-refractivity contribution in [1.29, 1.82) is 0 Å². The monoisotopic (exact) mass is 270 g/mol. The molecule has 2 N–H and O–H groups in total. The Bertz CT molecular complexity index is 437. The molecule has 1 aromatic rings. The van der Waals surface area contributed by atoms with E-state index in [1.807, 2.05) is 6.07 Å². The fourth-order valence-electron chi connectivity index (χ4n) is 1.97. The van der Waals surface area contributed by atoms with Gasteiger partial charge in [-0.15, -0.1) is 0 Å². The zero-order valence-electron chi connectivity index (χ0n) is 11.0. The number of rotatable bonds is 2. The van der Waals surface area contributed by atoms with E-state index in [9.17, 15) is 8.42 Å². The van der Waals surface area contributed by atoms with Crippen LogP contribution in [-0.4, -0.2) is 32.9 Å². The lowest BCUT2D eigenvalue weighted by Gasteiger charge is -2.29. The molecule has 2 rings (SSSR count). The molecule has 0 aliphatic carbocycles. The summed E-state index contributed by atoms with van der Waals surface area (Å²) in [5.41, 5.74) is 4.50. The first kappa shape index (κ1) is 15.1. The highest BCUT2D eigenvalue weighted by Crippen LogP contribution is 2.22. The number of nitrogens with zero attached hydrogens (tertiary/aromatic N) is 1. The maximum absolute atomic E-state index is 12.2. The van der Waals surface area contributed by atoms with Crippen molar-refractivity contribution in [3.8, 4) is 0 Å². The van der Waals surface area contributed by atoms with E-state index in [-0.39, 0.29) is 0 Å². The highest BCUT2D eigenvalue weighted by atomic mass is 32.2. The summed E-state index contributed by atoms with van der Waals surface area (Å²) in [6.07, 6.45) is 1.93. The molecule has 0 atom stereocenters. The third-order valence-electron chi connectivity index (χ3n) is 3.12. The smallest absolute Gasteiger partial charge is 0.243 e. The van der Waals surface area contributed by atoms with Crippen LogP contribution in [0, 0.1) is 5.92 Å². The number of hydrogen-bond donors (Lipinski definition) is 1. The molecule has 0 amide bonds. The van der Waals surface area contributed by atoms with Crippen LogP contribution in [0.25, 0.3) is 0 Å². The van der Waals surface area contributed by atoms with Gasteiger partial charge in [-0.05, 0) is 37.9 Å². The summed E-state index contributed by atoms with van der Waals surface area (Å²) in [4.78, 5) is 0.407. The van der Waals surface area contributed by atoms with Gasteiger partial charge in [0.25, 0.3) is 0 Å². The van der Waals surface area contributed by atoms with Crippen molar-refractivity contribution in [3.63, 3.8) is 0 Å². The summed E-state index contributed by atoms with van der Waals surface area (Å²) in [5, 5.41) is 0. The minimum absolute atomic E-state index is 0.407. The number of nitrogens with two attached hydrogens (primary N) is 1. The Kier molecular flexibility index (Phi) is 5.78. The van der Waals surface area contributed by atoms with Crippen LogP contribution in [0.4, 0.5) is 0 Å². The Hall–Kier alpha value is -0.910. The molecule has 0 radical (unpaired) electrons. The second-order valence-electron chi connectivity index (χ2n) is 4.40. The molecule has 1 saturated heterocycles. The molecular formula is C13H22N2O2S. The van der Waals surface area contributed by atoms with Gasteiger partial charge in [0.1, 0.15) is 0 Å². The van der Waals surface area contributed by atoms with Crippen molar-refractivity contribution in [2.75, 3.05) is 20.1 Å². The van der Waals surface area contributed by atoms with Gasteiger partial charge in [0, 0.05) is 13.1 Å². The van der Waals surface area contributed by atoms with E-state index in [1.165, 1.54) is 7.05 Å². The zero-order chi connectivity index (χ0) is 13.6. The van der Waals surface area contributed by atoms with Gasteiger partial charge in [-0.25, -0.2) is 8.42 Å². The number of sulfonamides is 1. The van der Waals surface area contributed by atoms with Crippen LogP contribution in [-0.2, 0) is 10.0 Å².